The Bertz CT molecular complexity index is 598. The fourth-order valence-electron chi connectivity index (χ4n) is 2.19. The normalized spacial score (nSPS) is 12.1. The maximum atomic E-state index is 12.2. The average Bonchev–Trinajstić information content (AvgIpc) is 2.42. The lowest BCUT2D eigenvalue weighted by Crippen LogP contribution is -2.42. The second kappa shape index (κ2) is 7.50. The van der Waals surface area contributed by atoms with Gasteiger partial charge in [0.05, 0.1) is 0 Å². The first-order valence-corrected chi connectivity index (χ1v) is 8.38. The summed E-state index contributed by atoms with van der Waals surface area (Å²) in [5.41, 5.74) is -0.0884. The van der Waals surface area contributed by atoms with Gasteiger partial charge in [0, 0.05) is 31.4 Å². The Balaban J connectivity index is 2.77. The Hall–Kier alpha value is -1.49. The maximum absolute atomic E-state index is 12.2. The summed E-state index contributed by atoms with van der Waals surface area (Å²) in [6, 6.07) is 5.36. The van der Waals surface area contributed by atoms with Gasteiger partial charge in [0.2, 0.25) is 10.0 Å². The van der Waals surface area contributed by atoms with Crippen molar-refractivity contribution in [1.29, 1.82) is 5.26 Å². The van der Waals surface area contributed by atoms with Gasteiger partial charge in [0.1, 0.15) is 11.0 Å². The molecule has 1 N–H and O–H groups in total. The third kappa shape index (κ3) is 4.77. The van der Waals surface area contributed by atoms with Crippen molar-refractivity contribution in [3.63, 3.8) is 0 Å². The number of rotatable bonds is 7. The van der Waals surface area contributed by atoms with Gasteiger partial charge in [-0.05, 0) is 39.8 Å². The Kier molecular flexibility index (Phi) is 6.27. The van der Waals surface area contributed by atoms with Crippen LogP contribution in [0.3, 0.4) is 0 Å². The predicted octanol–water partition coefficient (Wildman–Crippen LogP) is 1.35. The summed E-state index contributed by atoms with van der Waals surface area (Å²) in [4.78, 5) is 5.89. The van der Waals surface area contributed by atoms with Crippen molar-refractivity contribution < 1.29 is 8.42 Å². The molecule has 1 aromatic heterocycles. The summed E-state index contributed by atoms with van der Waals surface area (Å²) in [7, 11) is -3.71. The van der Waals surface area contributed by atoms with E-state index >= 15 is 0 Å². The molecule has 116 valence electrons. The summed E-state index contributed by atoms with van der Waals surface area (Å²) in [5, 5.41) is 8.93. The molecule has 0 aromatic carbocycles. The molecular weight excluding hydrogens is 288 g/mol. The molecule has 0 aliphatic rings. The molecule has 1 aromatic rings. The van der Waals surface area contributed by atoms with Crippen molar-refractivity contribution in [3.05, 3.63) is 24.0 Å². The van der Waals surface area contributed by atoms with Gasteiger partial charge >= 0.3 is 0 Å². The number of hydrogen-bond acceptors (Lipinski definition) is 5. The first kappa shape index (κ1) is 17.6. The molecule has 7 heteroatoms. The summed E-state index contributed by atoms with van der Waals surface area (Å²) < 4.78 is 27.0. The first-order chi connectivity index (χ1) is 9.79. The van der Waals surface area contributed by atoms with Gasteiger partial charge in [-0.15, -0.1) is 0 Å². The van der Waals surface area contributed by atoms with Gasteiger partial charge in [0.15, 0.2) is 5.69 Å². The lowest BCUT2D eigenvalue weighted by molar-refractivity contribution is 0.179. The zero-order valence-corrected chi connectivity index (χ0v) is 13.7. The van der Waals surface area contributed by atoms with Crippen LogP contribution in [0.25, 0.3) is 0 Å². The highest BCUT2D eigenvalue weighted by atomic mass is 32.2. The van der Waals surface area contributed by atoms with Crippen LogP contribution in [0.15, 0.2) is 23.2 Å². The van der Waals surface area contributed by atoms with Crippen molar-refractivity contribution in [2.45, 2.75) is 44.7 Å². The number of nitrogens with one attached hydrogen (secondary N) is 1. The van der Waals surface area contributed by atoms with Crippen LogP contribution in [-0.4, -0.2) is 43.5 Å². The molecule has 21 heavy (non-hydrogen) atoms. The summed E-state index contributed by atoms with van der Waals surface area (Å²) in [5.74, 6) is 0. The molecule has 0 amide bonds. The van der Waals surface area contributed by atoms with Gasteiger partial charge in [-0.1, -0.05) is 0 Å². The molecule has 0 aliphatic carbocycles. The van der Waals surface area contributed by atoms with Crippen molar-refractivity contribution in [3.8, 4) is 6.07 Å². The number of hydrogen-bond donors (Lipinski definition) is 1. The molecule has 0 spiro atoms. The minimum absolute atomic E-state index is 0.0758. The molecule has 6 nitrogen and oxygen atoms in total. The Morgan fingerprint density at radius 1 is 1.33 bits per heavy atom. The Morgan fingerprint density at radius 3 is 2.48 bits per heavy atom. The number of sulfonamides is 1. The van der Waals surface area contributed by atoms with Gasteiger partial charge in [-0.25, -0.2) is 18.1 Å². The molecule has 0 bridgehead atoms. The fraction of sp³-hybridized carbons (Fsp3) is 0.571. The highest BCUT2D eigenvalue weighted by Crippen LogP contribution is 2.11. The van der Waals surface area contributed by atoms with E-state index in [1.54, 1.807) is 6.07 Å². The van der Waals surface area contributed by atoms with E-state index in [2.05, 4.69) is 42.3 Å². The van der Waals surface area contributed by atoms with E-state index in [1.807, 2.05) is 0 Å². The minimum Gasteiger partial charge on any atom is -0.297 e. The van der Waals surface area contributed by atoms with Crippen LogP contribution in [0.4, 0.5) is 0 Å². The zero-order chi connectivity index (χ0) is 16.0. The second-order valence-electron chi connectivity index (χ2n) is 5.29. The minimum atomic E-state index is -3.71. The van der Waals surface area contributed by atoms with E-state index in [4.69, 9.17) is 5.26 Å². The standard InChI is InChI=1S/C14H22N4O2S/c1-11(2)18(12(3)4)9-8-17-21(19,20)14-6-5-7-16-13(14)10-15/h5-7,11-12,17H,8-9H2,1-4H3. The van der Waals surface area contributed by atoms with Crippen LogP contribution >= 0.6 is 0 Å². The Labute approximate surface area is 126 Å². The lowest BCUT2D eigenvalue weighted by Gasteiger charge is -2.30. The Morgan fingerprint density at radius 2 is 1.95 bits per heavy atom. The van der Waals surface area contributed by atoms with E-state index in [0.717, 1.165) is 0 Å². The molecule has 0 aliphatic heterocycles. The van der Waals surface area contributed by atoms with E-state index in [-0.39, 0.29) is 10.6 Å². The monoisotopic (exact) mass is 310 g/mol. The van der Waals surface area contributed by atoms with Crippen LogP contribution in [0.1, 0.15) is 33.4 Å². The van der Waals surface area contributed by atoms with E-state index in [1.165, 1.54) is 18.3 Å². The van der Waals surface area contributed by atoms with Crippen molar-refractivity contribution >= 4 is 10.0 Å². The number of nitriles is 1. The number of pyridine rings is 1. The first-order valence-electron chi connectivity index (χ1n) is 6.90. The van der Waals surface area contributed by atoms with Crippen LogP contribution in [0, 0.1) is 11.3 Å². The maximum Gasteiger partial charge on any atom is 0.243 e. The lowest BCUT2D eigenvalue weighted by atomic mass is 10.2. The van der Waals surface area contributed by atoms with Gasteiger partial charge < -0.3 is 0 Å². The molecule has 0 fully saturated rings. The van der Waals surface area contributed by atoms with Crippen molar-refractivity contribution in [2.75, 3.05) is 13.1 Å². The molecule has 1 rings (SSSR count). The number of nitrogens with zero attached hydrogens (tertiary/aromatic N) is 3. The van der Waals surface area contributed by atoms with Crippen molar-refractivity contribution in [1.82, 2.24) is 14.6 Å². The average molecular weight is 310 g/mol. The van der Waals surface area contributed by atoms with Crippen LogP contribution in [-0.2, 0) is 10.0 Å². The molecule has 0 saturated heterocycles. The summed E-state index contributed by atoms with van der Waals surface area (Å²) in [6.07, 6.45) is 1.40. The van der Waals surface area contributed by atoms with Crippen LogP contribution in [0.2, 0.25) is 0 Å². The molecule has 0 atom stereocenters. The van der Waals surface area contributed by atoms with Gasteiger partial charge in [-0.3, -0.25) is 4.90 Å². The predicted molar refractivity (Wildman–Crippen MR) is 81.1 cm³/mol. The smallest absolute Gasteiger partial charge is 0.243 e. The van der Waals surface area contributed by atoms with E-state index in [0.29, 0.717) is 25.2 Å². The quantitative estimate of drug-likeness (QED) is 0.821. The number of aromatic nitrogens is 1. The van der Waals surface area contributed by atoms with Gasteiger partial charge in [-0.2, -0.15) is 5.26 Å². The molecule has 0 saturated carbocycles. The molecular formula is C14H22N4O2S. The fourth-order valence-corrected chi connectivity index (χ4v) is 3.32. The SMILES string of the molecule is CC(C)N(CCNS(=O)(=O)c1cccnc1C#N)C(C)C. The molecule has 1 heterocycles. The van der Waals surface area contributed by atoms with Crippen LogP contribution < -0.4 is 4.72 Å². The third-order valence-electron chi connectivity index (χ3n) is 3.15. The summed E-state index contributed by atoms with van der Waals surface area (Å²) >= 11 is 0. The van der Waals surface area contributed by atoms with Crippen LogP contribution in [0.5, 0.6) is 0 Å². The zero-order valence-electron chi connectivity index (χ0n) is 12.9. The van der Waals surface area contributed by atoms with E-state index in [9.17, 15) is 8.42 Å². The highest BCUT2D eigenvalue weighted by Gasteiger charge is 2.20. The summed E-state index contributed by atoms with van der Waals surface area (Å²) in [6.45, 7) is 9.19. The largest absolute Gasteiger partial charge is 0.297 e. The highest BCUT2D eigenvalue weighted by molar-refractivity contribution is 7.89. The third-order valence-corrected chi connectivity index (χ3v) is 4.65. The molecule has 0 radical (unpaired) electrons. The molecule has 0 unspecified atom stereocenters. The van der Waals surface area contributed by atoms with Gasteiger partial charge in [0.25, 0.3) is 0 Å². The second-order valence-corrected chi connectivity index (χ2v) is 7.02. The topological polar surface area (TPSA) is 86.1 Å². The van der Waals surface area contributed by atoms with E-state index < -0.39 is 10.0 Å². The van der Waals surface area contributed by atoms with Crippen molar-refractivity contribution in [2.24, 2.45) is 0 Å².